The summed E-state index contributed by atoms with van der Waals surface area (Å²) in [5.74, 6) is -0.927. The van der Waals surface area contributed by atoms with Crippen molar-refractivity contribution in [1.82, 2.24) is 10.3 Å². The number of nitrogens with one attached hydrogen (secondary N) is 1. The van der Waals surface area contributed by atoms with Crippen molar-refractivity contribution >= 4 is 33.4 Å². The highest BCUT2D eigenvalue weighted by molar-refractivity contribution is 7.18. The summed E-state index contributed by atoms with van der Waals surface area (Å²) in [6.45, 7) is 3.89. The van der Waals surface area contributed by atoms with E-state index in [0.29, 0.717) is 12.8 Å². The SMILES string of the molecule is CC(C)C[C@H](NC(=O)CCCCc1nc2ccccc2s1)C(=O)O. The highest BCUT2D eigenvalue weighted by atomic mass is 32.1. The number of carboxylic acids is 1. The van der Waals surface area contributed by atoms with Crippen LogP contribution in [-0.4, -0.2) is 28.0 Å². The lowest BCUT2D eigenvalue weighted by molar-refractivity contribution is -0.142. The minimum atomic E-state index is -0.966. The first-order valence-corrected chi connectivity index (χ1v) is 9.14. The van der Waals surface area contributed by atoms with Gasteiger partial charge in [-0.05, 0) is 43.7 Å². The number of aromatic nitrogens is 1. The molecule has 1 heterocycles. The zero-order chi connectivity index (χ0) is 17.5. The number of aliphatic carboxylic acids is 1. The van der Waals surface area contributed by atoms with Gasteiger partial charge < -0.3 is 10.4 Å². The van der Waals surface area contributed by atoms with Gasteiger partial charge in [-0.1, -0.05) is 26.0 Å². The molecule has 0 saturated heterocycles. The van der Waals surface area contributed by atoms with Crippen LogP contribution in [0.5, 0.6) is 0 Å². The van der Waals surface area contributed by atoms with Crippen LogP contribution >= 0.6 is 11.3 Å². The fourth-order valence-electron chi connectivity index (χ4n) is 2.55. The first-order valence-electron chi connectivity index (χ1n) is 8.32. The number of unbranched alkanes of at least 4 members (excludes halogenated alkanes) is 1. The highest BCUT2D eigenvalue weighted by Gasteiger charge is 2.20. The molecule has 1 aromatic heterocycles. The van der Waals surface area contributed by atoms with Crippen LogP contribution < -0.4 is 5.32 Å². The molecule has 0 aliphatic heterocycles. The number of thiazole rings is 1. The van der Waals surface area contributed by atoms with Crippen LogP contribution in [0.2, 0.25) is 0 Å². The van der Waals surface area contributed by atoms with Crippen LogP contribution in [0.1, 0.15) is 44.5 Å². The van der Waals surface area contributed by atoms with Crippen LogP contribution in [-0.2, 0) is 16.0 Å². The lowest BCUT2D eigenvalue weighted by atomic mass is 10.0. The molecule has 0 unspecified atom stereocenters. The molecule has 0 aliphatic rings. The molecule has 2 rings (SSSR count). The molecule has 2 aromatic rings. The Hall–Kier alpha value is -1.95. The summed E-state index contributed by atoms with van der Waals surface area (Å²) in [7, 11) is 0. The highest BCUT2D eigenvalue weighted by Crippen LogP contribution is 2.22. The predicted octanol–water partition coefficient (Wildman–Crippen LogP) is 3.62. The summed E-state index contributed by atoms with van der Waals surface area (Å²) < 4.78 is 1.18. The minimum Gasteiger partial charge on any atom is -0.480 e. The first kappa shape index (κ1) is 18.4. The van der Waals surface area contributed by atoms with E-state index in [-0.39, 0.29) is 11.8 Å². The second kappa shape index (κ2) is 8.78. The number of fused-ring (bicyclic) bond motifs is 1. The van der Waals surface area contributed by atoms with Crippen LogP contribution in [0, 0.1) is 5.92 Å². The summed E-state index contributed by atoms with van der Waals surface area (Å²) in [6.07, 6.45) is 3.26. The number of nitrogens with zero attached hydrogens (tertiary/aromatic N) is 1. The Kier molecular flexibility index (Phi) is 6.73. The summed E-state index contributed by atoms with van der Waals surface area (Å²) >= 11 is 1.69. The lowest BCUT2D eigenvalue weighted by Gasteiger charge is -2.16. The number of aryl methyl sites for hydroxylation is 1. The first-order chi connectivity index (χ1) is 11.5. The molecule has 2 N–H and O–H groups in total. The van der Waals surface area contributed by atoms with Gasteiger partial charge in [0.25, 0.3) is 0 Å². The van der Waals surface area contributed by atoms with E-state index in [1.165, 1.54) is 4.70 Å². The zero-order valence-electron chi connectivity index (χ0n) is 14.1. The Morgan fingerprint density at radius 1 is 1.25 bits per heavy atom. The van der Waals surface area contributed by atoms with E-state index in [1.807, 2.05) is 32.0 Å². The fraction of sp³-hybridized carbons (Fsp3) is 0.500. The van der Waals surface area contributed by atoms with Crippen molar-refractivity contribution in [2.24, 2.45) is 5.92 Å². The average molecular weight is 348 g/mol. The standard InChI is InChI=1S/C18H24N2O3S/c1-12(2)11-14(18(22)23)19-16(21)9-5-6-10-17-20-13-7-3-4-8-15(13)24-17/h3-4,7-8,12,14H,5-6,9-11H2,1-2H3,(H,19,21)(H,22,23)/t14-/m0/s1. The maximum atomic E-state index is 11.9. The van der Waals surface area contributed by atoms with Crippen LogP contribution in [0.4, 0.5) is 0 Å². The topological polar surface area (TPSA) is 79.3 Å². The Morgan fingerprint density at radius 3 is 2.67 bits per heavy atom. The van der Waals surface area contributed by atoms with E-state index in [1.54, 1.807) is 11.3 Å². The molecule has 0 aliphatic carbocycles. The average Bonchev–Trinajstić information content (AvgIpc) is 2.93. The number of hydrogen-bond donors (Lipinski definition) is 2. The third-order valence-corrected chi connectivity index (χ3v) is 4.82. The number of rotatable bonds is 9. The quantitative estimate of drug-likeness (QED) is 0.678. The molecule has 6 heteroatoms. The second-order valence-electron chi connectivity index (χ2n) is 6.37. The van der Waals surface area contributed by atoms with Gasteiger partial charge in [0, 0.05) is 6.42 Å². The third-order valence-electron chi connectivity index (χ3n) is 3.72. The molecule has 0 fully saturated rings. The van der Waals surface area contributed by atoms with Gasteiger partial charge in [-0.25, -0.2) is 9.78 Å². The molecule has 130 valence electrons. The third kappa shape index (κ3) is 5.60. The number of carbonyl (C=O) groups is 2. The molecule has 0 bridgehead atoms. The van der Waals surface area contributed by atoms with E-state index < -0.39 is 12.0 Å². The number of hydrogen-bond acceptors (Lipinski definition) is 4. The van der Waals surface area contributed by atoms with Crippen molar-refractivity contribution in [3.05, 3.63) is 29.3 Å². The molecular weight excluding hydrogens is 324 g/mol. The Bertz CT molecular complexity index is 663. The predicted molar refractivity (Wildman–Crippen MR) is 96.2 cm³/mol. The largest absolute Gasteiger partial charge is 0.480 e. The Balaban J connectivity index is 1.73. The van der Waals surface area contributed by atoms with Gasteiger partial charge in [0.05, 0.1) is 15.2 Å². The lowest BCUT2D eigenvalue weighted by Crippen LogP contribution is -2.41. The number of carbonyl (C=O) groups excluding carboxylic acids is 1. The summed E-state index contributed by atoms with van der Waals surface area (Å²) in [4.78, 5) is 27.6. The summed E-state index contributed by atoms with van der Waals surface area (Å²) in [5, 5.41) is 12.8. The Morgan fingerprint density at radius 2 is 2.00 bits per heavy atom. The fourth-order valence-corrected chi connectivity index (χ4v) is 3.56. The van der Waals surface area contributed by atoms with E-state index in [9.17, 15) is 9.59 Å². The van der Waals surface area contributed by atoms with Gasteiger partial charge in [0.15, 0.2) is 0 Å². The monoisotopic (exact) mass is 348 g/mol. The minimum absolute atomic E-state index is 0.188. The van der Waals surface area contributed by atoms with E-state index in [4.69, 9.17) is 5.11 Å². The van der Waals surface area contributed by atoms with E-state index >= 15 is 0 Å². The van der Waals surface area contributed by atoms with Gasteiger partial charge in [-0.2, -0.15) is 0 Å². The van der Waals surface area contributed by atoms with Crippen molar-refractivity contribution in [2.75, 3.05) is 0 Å². The van der Waals surface area contributed by atoms with E-state index in [2.05, 4.69) is 16.4 Å². The number of amides is 1. The van der Waals surface area contributed by atoms with Gasteiger partial charge in [-0.15, -0.1) is 11.3 Å². The summed E-state index contributed by atoms with van der Waals surface area (Å²) in [6, 6.07) is 7.26. The molecule has 1 atom stereocenters. The zero-order valence-corrected chi connectivity index (χ0v) is 14.9. The van der Waals surface area contributed by atoms with Gasteiger partial charge in [-0.3, -0.25) is 4.79 Å². The molecule has 0 spiro atoms. The van der Waals surface area contributed by atoms with Gasteiger partial charge in [0.2, 0.25) is 5.91 Å². The number of carboxylic acid groups (broad SMARTS) is 1. The van der Waals surface area contributed by atoms with Crippen LogP contribution in [0.3, 0.4) is 0 Å². The van der Waals surface area contributed by atoms with Crippen molar-refractivity contribution in [2.45, 2.75) is 52.0 Å². The smallest absolute Gasteiger partial charge is 0.326 e. The van der Waals surface area contributed by atoms with Crippen molar-refractivity contribution in [3.8, 4) is 0 Å². The molecule has 24 heavy (non-hydrogen) atoms. The van der Waals surface area contributed by atoms with Gasteiger partial charge in [0.1, 0.15) is 6.04 Å². The Labute approximate surface area is 146 Å². The molecular formula is C18H24N2O3S. The van der Waals surface area contributed by atoms with E-state index in [0.717, 1.165) is 29.8 Å². The maximum absolute atomic E-state index is 11.9. The summed E-state index contributed by atoms with van der Waals surface area (Å²) in [5.41, 5.74) is 1.02. The molecule has 1 amide bonds. The van der Waals surface area contributed by atoms with Crippen LogP contribution in [0.15, 0.2) is 24.3 Å². The van der Waals surface area contributed by atoms with Crippen molar-refractivity contribution < 1.29 is 14.7 Å². The van der Waals surface area contributed by atoms with Crippen LogP contribution in [0.25, 0.3) is 10.2 Å². The second-order valence-corrected chi connectivity index (χ2v) is 7.49. The van der Waals surface area contributed by atoms with Crippen molar-refractivity contribution in [1.29, 1.82) is 0 Å². The molecule has 5 nitrogen and oxygen atoms in total. The number of para-hydroxylation sites is 1. The normalized spacial score (nSPS) is 12.5. The molecule has 0 radical (unpaired) electrons. The molecule has 1 aromatic carbocycles. The number of benzene rings is 1. The van der Waals surface area contributed by atoms with Gasteiger partial charge >= 0.3 is 5.97 Å². The van der Waals surface area contributed by atoms with Crippen molar-refractivity contribution in [3.63, 3.8) is 0 Å². The maximum Gasteiger partial charge on any atom is 0.326 e. The molecule has 0 saturated carbocycles.